The second-order valence-corrected chi connectivity index (χ2v) is 15.9. The Labute approximate surface area is 341 Å². The van der Waals surface area contributed by atoms with Crippen molar-refractivity contribution in [1.29, 1.82) is 0 Å². The number of benzene rings is 8. The van der Waals surface area contributed by atoms with Gasteiger partial charge in [-0.05, 0) is 135 Å². The van der Waals surface area contributed by atoms with Gasteiger partial charge in [0.15, 0.2) is 23.0 Å². The topological polar surface area (TPSA) is 34.8 Å². The largest absolute Gasteiger partial charge is 0.456 e. The molecule has 0 amide bonds. The molecule has 59 heavy (non-hydrogen) atoms. The summed E-state index contributed by atoms with van der Waals surface area (Å²) in [5.41, 5.74) is 17.3. The van der Waals surface area contributed by atoms with E-state index in [4.69, 9.17) is 13.9 Å². The van der Waals surface area contributed by atoms with Gasteiger partial charge in [0.25, 0.3) is 0 Å². The molecule has 3 aliphatic carbocycles. The summed E-state index contributed by atoms with van der Waals surface area (Å²) in [5.74, 6) is 2.91. The second-order valence-electron chi connectivity index (χ2n) is 15.9. The maximum atomic E-state index is 6.86. The number of furan rings is 1. The smallest absolute Gasteiger partial charge is 0.170 e. The molecule has 1 aromatic heterocycles. The fourth-order valence-electron chi connectivity index (χ4n) is 10.4. The van der Waals surface area contributed by atoms with Crippen LogP contribution < -0.4 is 14.4 Å². The summed E-state index contributed by atoms with van der Waals surface area (Å²) in [6, 6.07) is 62.5. The zero-order valence-corrected chi connectivity index (χ0v) is 32.0. The quantitative estimate of drug-likeness (QED) is 0.179. The summed E-state index contributed by atoms with van der Waals surface area (Å²) in [4.78, 5) is 2.31. The van der Waals surface area contributed by atoms with Crippen molar-refractivity contribution in [3.05, 3.63) is 216 Å². The molecule has 0 saturated carbocycles. The maximum Gasteiger partial charge on any atom is 0.170 e. The van der Waals surface area contributed by atoms with Crippen LogP contribution in [0.25, 0.3) is 49.8 Å². The fraction of sp³-hybridized carbons (Fsp3) is 0.0545. The number of ether oxygens (including phenoxy) is 2. The fourth-order valence-corrected chi connectivity index (χ4v) is 10.4. The van der Waals surface area contributed by atoms with Gasteiger partial charge in [0.2, 0.25) is 0 Å². The second kappa shape index (κ2) is 12.2. The molecule has 4 aliphatic rings. The molecule has 0 saturated heterocycles. The molecule has 0 fully saturated rings. The Morgan fingerprint density at radius 2 is 1.14 bits per heavy atom. The predicted octanol–water partition coefficient (Wildman–Crippen LogP) is 15.1. The average molecular weight is 758 g/mol. The molecule has 1 aliphatic heterocycles. The van der Waals surface area contributed by atoms with Gasteiger partial charge in [-0.1, -0.05) is 121 Å². The van der Waals surface area contributed by atoms with E-state index in [-0.39, 0.29) is 5.41 Å². The van der Waals surface area contributed by atoms with Gasteiger partial charge in [-0.2, -0.15) is 0 Å². The molecule has 4 nitrogen and oxygen atoms in total. The van der Waals surface area contributed by atoms with E-state index in [1.807, 2.05) is 24.3 Å². The van der Waals surface area contributed by atoms with E-state index >= 15 is 0 Å². The molecule has 0 radical (unpaired) electrons. The van der Waals surface area contributed by atoms with Crippen molar-refractivity contribution in [3.8, 4) is 45.3 Å². The zero-order valence-electron chi connectivity index (χ0n) is 32.0. The first-order valence-corrected chi connectivity index (χ1v) is 20.4. The van der Waals surface area contributed by atoms with Gasteiger partial charge in [0.05, 0.1) is 16.5 Å². The zero-order chi connectivity index (χ0) is 38.7. The molecular weight excluding hydrogens is 723 g/mol. The molecule has 4 heteroatoms. The summed E-state index contributed by atoms with van der Waals surface area (Å²) in [6.07, 6.45) is 6.69. The van der Waals surface area contributed by atoms with Crippen LogP contribution >= 0.6 is 0 Å². The van der Waals surface area contributed by atoms with Crippen LogP contribution in [-0.2, 0) is 5.41 Å². The molecule has 13 rings (SSSR count). The van der Waals surface area contributed by atoms with E-state index in [2.05, 4.69) is 169 Å². The number of anilines is 3. The third-order valence-corrected chi connectivity index (χ3v) is 12.8. The number of nitrogens with zero attached hydrogens (tertiary/aromatic N) is 1. The van der Waals surface area contributed by atoms with Gasteiger partial charge in [0, 0.05) is 16.8 Å². The summed E-state index contributed by atoms with van der Waals surface area (Å²) < 4.78 is 19.9. The first-order chi connectivity index (χ1) is 29.2. The van der Waals surface area contributed by atoms with Crippen LogP contribution in [-0.4, -0.2) is 0 Å². The molecule has 0 N–H and O–H groups in total. The lowest BCUT2D eigenvalue weighted by atomic mass is 9.68. The lowest BCUT2D eigenvalue weighted by Crippen LogP contribution is -2.27. The van der Waals surface area contributed by atoms with E-state index in [9.17, 15) is 0 Å². The minimum atomic E-state index is -0.366. The van der Waals surface area contributed by atoms with E-state index in [0.29, 0.717) is 11.5 Å². The van der Waals surface area contributed by atoms with Crippen molar-refractivity contribution >= 4 is 44.6 Å². The van der Waals surface area contributed by atoms with Gasteiger partial charge in [-0.3, -0.25) is 0 Å². The number of fused-ring (bicyclic) bond motifs is 14. The SMILES string of the molecule is C1=CC2=C(CC1)C1(c3cc4c(cc32)Oc2ccc(-c3ccc(N(c5ccccc5)c5cccc6oc7ccccc7c56)cc3)cc2O4)c2ccccc2-c2ccccc21. The monoisotopic (exact) mass is 757 g/mol. The third kappa shape index (κ3) is 4.54. The number of hydrogen-bond donors (Lipinski definition) is 0. The molecule has 9 aromatic rings. The molecule has 0 unspecified atom stereocenters. The highest BCUT2D eigenvalue weighted by molar-refractivity contribution is 6.13. The lowest BCUT2D eigenvalue weighted by Gasteiger charge is -2.34. The summed E-state index contributed by atoms with van der Waals surface area (Å²) >= 11 is 0. The van der Waals surface area contributed by atoms with Crippen molar-refractivity contribution < 1.29 is 13.9 Å². The van der Waals surface area contributed by atoms with Gasteiger partial charge in [-0.15, -0.1) is 0 Å². The van der Waals surface area contributed by atoms with Crippen molar-refractivity contribution in [2.75, 3.05) is 4.90 Å². The molecule has 8 aromatic carbocycles. The normalized spacial score (nSPS) is 14.9. The number of rotatable bonds is 4. The standard InChI is InChI=1S/C55H35NO3/c1-2-13-36(14-3-1)56(47-22-12-24-50-54(47)41-18-7-11-23-48(41)57-50)37-28-25-34(26-29-37)35-27-30-49-51(31-35)59-53-33-46-42(32-52(53)58-49)40-17-6-10-21-45(40)55(46)43-19-8-4-15-38(43)39-16-5-9-20-44(39)55/h1-9,11-20,22-33H,10,21H2. The Kier molecular flexibility index (Phi) is 6.74. The van der Waals surface area contributed by atoms with Crippen molar-refractivity contribution in [2.24, 2.45) is 0 Å². The number of hydrogen-bond acceptors (Lipinski definition) is 4. The van der Waals surface area contributed by atoms with Crippen molar-refractivity contribution in [1.82, 2.24) is 0 Å². The van der Waals surface area contributed by atoms with Gasteiger partial charge < -0.3 is 18.8 Å². The minimum absolute atomic E-state index is 0.366. The average Bonchev–Trinajstić information content (AvgIpc) is 3.92. The van der Waals surface area contributed by atoms with Crippen molar-refractivity contribution in [2.45, 2.75) is 18.3 Å². The molecule has 0 atom stereocenters. The van der Waals surface area contributed by atoms with Crippen molar-refractivity contribution in [3.63, 3.8) is 0 Å². The Morgan fingerprint density at radius 1 is 0.475 bits per heavy atom. The molecule has 1 spiro atoms. The Bertz CT molecular complexity index is 3230. The Hall–Kier alpha value is -7.56. The van der Waals surface area contributed by atoms with E-state index in [0.717, 1.165) is 74.5 Å². The molecular formula is C55H35NO3. The maximum absolute atomic E-state index is 6.86. The van der Waals surface area contributed by atoms with Gasteiger partial charge in [0.1, 0.15) is 11.2 Å². The van der Waals surface area contributed by atoms with Crippen LogP contribution in [0.15, 0.2) is 198 Å². The highest BCUT2D eigenvalue weighted by atomic mass is 16.6. The van der Waals surface area contributed by atoms with Gasteiger partial charge in [-0.25, -0.2) is 0 Å². The Balaban J connectivity index is 0.884. The van der Waals surface area contributed by atoms with E-state index in [1.165, 1.54) is 44.5 Å². The van der Waals surface area contributed by atoms with Crippen LogP contribution in [0.3, 0.4) is 0 Å². The number of para-hydroxylation sites is 2. The van der Waals surface area contributed by atoms with Crippen LogP contribution in [0.2, 0.25) is 0 Å². The first-order valence-electron chi connectivity index (χ1n) is 20.4. The number of allylic oxidation sites excluding steroid dienone is 4. The molecule has 278 valence electrons. The van der Waals surface area contributed by atoms with Gasteiger partial charge >= 0.3 is 0 Å². The molecule has 0 bridgehead atoms. The van der Waals surface area contributed by atoms with Crippen LogP contribution in [0.1, 0.15) is 35.1 Å². The lowest BCUT2D eigenvalue weighted by molar-refractivity contribution is 0.359. The van der Waals surface area contributed by atoms with E-state index < -0.39 is 0 Å². The summed E-state index contributed by atoms with van der Waals surface area (Å²) in [7, 11) is 0. The predicted molar refractivity (Wildman–Crippen MR) is 237 cm³/mol. The third-order valence-electron chi connectivity index (χ3n) is 12.8. The van der Waals surface area contributed by atoms with Crippen LogP contribution in [0, 0.1) is 0 Å². The van der Waals surface area contributed by atoms with Crippen LogP contribution in [0.5, 0.6) is 23.0 Å². The van der Waals surface area contributed by atoms with E-state index in [1.54, 1.807) is 0 Å². The highest BCUT2D eigenvalue weighted by Gasteiger charge is 2.53. The summed E-state index contributed by atoms with van der Waals surface area (Å²) in [5, 5.41) is 2.19. The minimum Gasteiger partial charge on any atom is -0.456 e. The first kappa shape index (κ1) is 32.5. The highest BCUT2D eigenvalue weighted by Crippen LogP contribution is 2.65. The summed E-state index contributed by atoms with van der Waals surface area (Å²) in [6.45, 7) is 0. The Morgan fingerprint density at radius 3 is 1.97 bits per heavy atom. The van der Waals surface area contributed by atoms with Crippen LogP contribution in [0.4, 0.5) is 17.1 Å². The molecule has 2 heterocycles.